The van der Waals surface area contributed by atoms with Gasteiger partial charge >= 0.3 is 0 Å². The molecule has 0 aromatic carbocycles. The van der Waals surface area contributed by atoms with E-state index in [1.807, 2.05) is 6.33 Å². The molecule has 0 aliphatic heterocycles. The fourth-order valence-electron chi connectivity index (χ4n) is 1.66. The number of aryl methyl sites for hydroxylation is 2. The van der Waals surface area contributed by atoms with Crippen molar-refractivity contribution in [3.8, 4) is 0 Å². The number of hydrogen-bond donors (Lipinski definition) is 1. The van der Waals surface area contributed by atoms with Crippen LogP contribution in [-0.4, -0.2) is 22.6 Å². The Morgan fingerprint density at radius 2 is 2.07 bits per heavy atom. The minimum absolute atomic E-state index is 1.08. The summed E-state index contributed by atoms with van der Waals surface area (Å²) in [5, 5.41) is 3.34. The molecule has 0 bridgehead atoms. The molecule has 0 atom stereocenters. The summed E-state index contributed by atoms with van der Waals surface area (Å²) in [7, 11) is 0. The molecule has 3 nitrogen and oxygen atoms in total. The molecule has 1 heterocycles. The van der Waals surface area contributed by atoms with Gasteiger partial charge in [-0.05, 0) is 39.8 Å². The van der Waals surface area contributed by atoms with Gasteiger partial charge in [-0.2, -0.15) is 0 Å². The fraction of sp³-hybridized carbons (Fsp3) is 0.750. The fourth-order valence-corrected chi connectivity index (χ4v) is 1.66. The van der Waals surface area contributed by atoms with E-state index in [4.69, 9.17) is 0 Å². The molecule has 0 amide bonds. The van der Waals surface area contributed by atoms with Crippen LogP contribution in [0.1, 0.15) is 37.6 Å². The summed E-state index contributed by atoms with van der Waals surface area (Å²) < 4.78 is 2.25. The Hall–Kier alpha value is -0.830. The third-order valence-corrected chi connectivity index (χ3v) is 2.85. The molecule has 1 aromatic rings. The van der Waals surface area contributed by atoms with Crippen molar-refractivity contribution in [1.29, 1.82) is 0 Å². The van der Waals surface area contributed by atoms with Crippen LogP contribution in [0.15, 0.2) is 6.33 Å². The normalized spacial score (nSPS) is 10.9. The lowest BCUT2D eigenvalue weighted by Gasteiger charge is -2.05. The van der Waals surface area contributed by atoms with E-state index in [9.17, 15) is 0 Å². The zero-order valence-corrected chi connectivity index (χ0v) is 10.2. The lowest BCUT2D eigenvalue weighted by atomic mass is 10.2. The molecule has 86 valence electrons. The first kappa shape index (κ1) is 12.2. The molecule has 0 unspecified atom stereocenters. The second-order valence-electron chi connectivity index (χ2n) is 4.02. The van der Waals surface area contributed by atoms with Crippen LogP contribution in [0.3, 0.4) is 0 Å². The number of unbranched alkanes of at least 4 members (excludes halogenated alkanes) is 2. The second kappa shape index (κ2) is 6.62. The van der Waals surface area contributed by atoms with Gasteiger partial charge in [0.05, 0.1) is 12.0 Å². The van der Waals surface area contributed by atoms with Crippen LogP contribution in [0.4, 0.5) is 0 Å². The Balaban J connectivity index is 2.12. The Kier molecular flexibility index (Phi) is 5.40. The predicted octanol–water partition coefficient (Wildman–Crippen LogP) is 2.28. The maximum atomic E-state index is 4.30. The molecule has 15 heavy (non-hydrogen) atoms. The number of nitrogens with zero attached hydrogens (tertiary/aromatic N) is 2. The van der Waals surface area contributed by atoms with Crippen molar-refractivity contribution in [2.45, 2.75) is 46.6 Å². The maximum absolute atomic E-state index is 4.30. The number of aromatic nitrogens is 2. The van der Waals surface area contributed by atoms with Gasteiger partial charge in [-0.1, -0.05) is 13.3 Å². The van der Waals surface area contributed by atoms with E-state index in [1.54, 1.807) is 0 Å². The van der Waals surface area contributed by atoms with Crippen LogP contribution in [0.5, 0.6) is 0 Å². The first-order chi connectivity index (χ1) is 7.25. The highest BCUT2D eigenvalue weighted by Crippen LogP contribution is 2.06. The van der Waals surface area contributed by atoms with E-state index in [1.165, 1.54) is 25.0 Å². The smallest absolute Gasteiger partial charge is 0.0951 e. The average molecular weight is 209 g/mol. The lowest BCUT2D eigenvalue weighted by molar-refractivity contribution is 0.559. The van der Waals surface area contributed by atoms with Gasteiger partial charge in [-0.15, -0.1) is 0 Å². The monoisotopic (exact) mass is 209 g/mol. The van der Waals surface area contributed by atoms with Crippen LogP contribution in [0.25, 0.3) is 0 Å². The van der Waals surface area contributed by atoms with Gasteiger partial charge in [0.25, 0.3) is 0 Å². The van der Waals surface area contributed by atoms with E-state index < -0.39 is 0 Å². The Bertz CT molecular complexity index is 278. The summed E-state index contributed by atoms with van der Waals surface area (Å²) in [6.45, 7) is 9.70. The molecule has 0 saturated heterocycles. The van der Waals surface area contributed by atoms with Crippen molar-refractivity contribution >= 4 is 0 Å². The van der Waals surface area contributed by atoms with E-state index in [0.717, 1.165) is 25.3 Å². The highest BCUT2D eigenvalue weighted by molar-refractivity contribution is 5.08. The van der Waals surface area contributed by atoms with Crippen molar-refractivity contribution in [2.75, 3.05) is 13.1 Å². The Morgan fingerprint density at radius 1 is 1.27 bits per heavy atom. The molecule has 0 radical (unpaired) electrons. The molecule has 0 saturated carbocycles. The van der Waals surface area contributed by atoms with Crippen LogP contribution in [-0.2, 0) is 6.54 Å². The summed E-state index contributed by atoms with van der Waals surface area (Å²) in [6, 6.07) is 0. The average Bonchev–Trinajstić information content (AvgIpc) is 2.54. The zero-order chi connectivity index (χ0) is 11.1. The number of imidazole rings is 1. The summed E-state index contributed by atoms with van der Waals surface area (Å²) in [5.41, 5.74) is 2.46. The molecule has 0 aliphatic rings. The van der Waals surface area contributed by atoms with E-state index in [2.05, 4.69) is 35.6 Å². The standard InChI is InChI=1S/C12H23N3/c1-4-13-8-6-5-7-9-15-10-14-11(2)12(15)3/h10,13H,4-9H2,1-3H3. The number of nitrogens with one attached hydrogen (secondary N) is 1. The summed E-state index contributed by atoms with van der Waals surface area (Å²) in [5.74, 6) is 0. The molecule has 1 N–H and O–H groups in total. The Labute approximate surface area is 92.9 Å². The van der Waals surface area contributed by atoms with Gasteiger partial charge in [0.2, 0.25) is 0 Å². The van der Waals surface area contributed by atoms with E-state index >= 15 is 0 Å². The van der Waals surface area contributed by atoms with Gasteiger partial charge < -0.3 is 9.88 Å². The van der Waals surface area contributed by atoms with Crippen LogP contribution in [0, 0.1) is 13.8 Å². The molecule has 1 rings (SSSR count). The van der Waals surface area contributed by atoms with E-state index in [0.29, 0.717) is 0 Å². The summed E-state index contributed by atoms with van der Waals surface area (Å²) in [6.07, 6.45) is 5.78. The minimum Gasteiger partial charge on any atom is -0.335 e. The molecular weight excluding hydrogens is 186 g/mol. The van der Waals surface area contributed by atoms with Gasteiger partial charge in [-0.3, -0.25) is 0 Å². The molecule has 3 heteroatoms. The maximum Gasteiger partial charge on any atom is 0.0951 e. The third-order valence-electron chi connectivity index (χ3n) is 2.85. The van der Waals surface area contributed by atoms with Crippen LogP contribution in [0.2, 0.25) is 0 Å². The van der Waals surface area contributed by atoms with Crippen molar-refractivity contribution < 1.29 is 0 Å². The topological polar surface area (TPSA) is 29.9 Å². The third kappa shape index (κ3) is 4.04. The first-order valence-electron chi connectivity index (χ1n) is 5.94. The highest BCUT2D eigenvalue weighted by Gasteiger charge is 2.00. The Morgan fingerprint density at radius 3 is 2.67 bits per heavy atom. The van der Waals surface area contributed by atoms with Crippen molar-refractivity contribution in [1.82, 2.24) is 14.9 Å². The van der Waals surface area contributed by atoms with Gasteiger partial charge in [-0.25, -0.2) is 4.98 Å². The molecule has 0 fully saturated rings. The van der Waals surface area contributed by atoms with Gasteiger partial charge in [0.1, 0.15) is 0 Å². The lowest BCUT2D eigenvalue weighted by Crippen LogP contribution is -2.13. The summed E-state index contributed by atoms with van der Waals surface area (Å²) in [4.78, 5) is 4.30. The molecule has 0 aliphatic carbocycles. The summed E-state index contributed by atoms with van der Waals surface area (Å²) >= 11 is 0. The molecular formula is C12H23N3. The molecule has 0 spiro atoms. The van der Waals surface area contributed by atoms with Crippen LogP contribution < -0.4 is 5.32 Å². The van der Waals surface area contributed by atoms with E-state index in [-0.39, 0.29) is 0 Å². The SMILES string of the molecule is CCNCCCCCn1cnc(C)c1C. The quantitative estimate of drug-likeness (QED) is 0.698. The molecule has 1 aromatic heterocycles. The minimum atomic E-state index is 1.08. The van der Waals surface area contributed by atoms with Gasteiger partial charge in [0.15, 0.2) is 0 Å². The predicted molar refractivity (Wildman–Crippen MR) is 64.1 cm³/mol. The zero-order valence-electron chi connectivity index (χ0n) is 10.2. The largest absolute Gasteiger partial charge is 0.335 e. The highest BCUT2D eigenvalue weighted by atomic mass is 15.0. The van der Waals surface area contributed by atoms with Crippen molar-refractivity contribution in [3.63, 3.8) is 0 Å². The second-order valence-corrected chi connectivity index (χ2v) is 4.02. The number of rotatable bonds is 7. The van der Waals surface area contributed by atoms with Gasteiger partial charge in [0, 0.05) is 12.2 Å². The first-order valence-corrected chi connectivity index (χ1v) is 5.94. The van der Waals surface area contributed by atoms with Crippen molar-refractivity contribution in [2.24, 2.45) is 0 Å². The number of hydrogen-bond acceptors (Lipinski definition) is 2. The van der Waals surface area contributed by atoms with Crippen molar-refractivity contribution in [3.05, 3.63) is 17.7 Å². The van der Waals surface area contributed by atoms with Crippen LogP contribution >= 0.6 is 0 Å².